The number of hydrogen-bond donors (Lipinski definition) is 2. The Bertz CT molecular complexity index is 1320. The molecule has 0 aliphatic carbocycles. The second kappa shape index (κ2) is 8.63. The number of anilines is 1. The third kappa shape index (κ3) is 4.09. The summed E-state index contributed by atoms with van der Waals surface area (Å²) in [4.78, 5) is 29.7. The number of rotatable bonds is 6. The second-order valence-corrected chi connectivity index (χ2v) is 8.04. The molecule has 0 fully saturated rings. The van der Waals surface area contributed by atoms with E-state index < -0.39 is 5.91 Å². The van der Waals surface area contributed by atoms with E-state index in [0.717, 1.165) is 11.1 Å². The van der Waals surface area contributed by atoms with Gasteiger partial charge in [-0.05, 0) is 44.0 Å². The highest BCUT2D eigenvalue weighted by Gasteiger charge is 2.20. The Morgan fingerprint density at radius 2 is 1.81 bits per heavy atom. The maximum atomic E-state index is 13.4. The molecule has 7 nitrogen and oxygen atoms in total. The molecule has 162 valence electrons. The van der Waals surface area contributed by atoms with Gasteiger partial charge in [0.05, 0.1) is 29.3 Å². The van der Waals surface area contributed by atoms with Crippen LogP contribution >= 0.6 is 0 Å². The van der Waals surface area contributed by atoms with E-state index in [1.807, 2.05) is 55.8 Å². The number of nitrogens with one attached hydrogen (secondary N) is 1. The van der Waals surface area contributed by atoms with Gasteiger partial charge in [0.25, 0.3) is 5.91 Å². The van der Waals surface area contributed by atoms with Gasteiger partial charge >= 0.3 is 0 Å². The first-order chi connectivity index (χ1) is 15.3. The van der Waals surface area contributed by atoms with Gasteiger partial charge in [-0.1, -0.05) is 42.5 Å². The Morgan fingerprint density at radius 3 is 2.53 bits per heavy atom. The average molecular weight is 428 g/mol. The quantitative estimate of drug-likeness (QED) is 0.480. The molecule has 0 saturated heterocycles. The van der Waals surface area contributed by atoms with Crippen LogP contribution in [0.5, 0.6) is 0 Å². The van der Waals surface area contributed by atoms with E-state index in [2.05, 4.69) is 10.4 Å². The second-order valence-electron chi connectivity index (χ2n) is 8.04. The summed E-state index contributed by atoms with van der Waals surface area (Å²) in [6.07, 6.45) is 1.72. The molecule has 3 N–H and O–H groups in total. The molecule has 2 aromatic carbocycles. The van der Waals surface area contributed by atoms with Crippen LogP contribution in [0.1, 0.15) is 41.4 Å². The van der Waals surface area contributed by atoms with Crippen molar-refractivity contribution in [3.05, 3.63) is 77.5 Å². The third-order valence-corrected chi connectivity index (χ3v) is 5.35. The van der Waals surface area contributed by atoms with Crippen molar-refractivity contribution in [1.29, 1.82) is 0 Å². The van der Waals surface area contributed by atoms with Crippen LogP contribution in [0.2, 0.25) is 0 Å². The highest BCUT2D eigenvalue weighted by atomic mass is 16.2. The molecule has 4 aromatic rings. The number of primary amides is 1. The first kappa shape index (κ1) is 21.2. The molecule has 0 aliphatic rings. The summed E-state index contributed by atoms with van der Waals surface area (Å²) >= 11 is 0. The summed E-state index contributed by atoms with van der Waals surface area (Å²) in [7, 11) is 0. The summed E-state index contributed by atoms with van der Waals surface area (Å²) in [5.74, 6) is -0.759. The van der Waals surface area contributed by atoms with Crippen molar-refractivity contribution in [1.82, 2.24) is 14.8 Å². The van der Waals surface area contributed by atoms with E-state index >= 15 is 0 Å². The standard InChI is InChI=1S/C25H25N5O2/c1-15(2)30-24-20(14-27-30)19(13-22(28-24)18-10-6-4-8-16(18)3)25(32)29-21-11-7-5-9-17(21)12-23(26)31/h4-11,13-15H,12H2,1-3H3,(H2,26,31)(H,29,32). The number of nitrogens with zero attached hydrogens (tertiary/aromatic N) is 3. The lowest BCUT2D eigenvalue weighted by Gasteiger charge is -2.13. The van der Waals surface area contributed by atoms with Crippen molar-refractivity contribution in [3.8, 4) is 11.3 Å². The maximum absolute atomic E-state index is 13.4. The van der Waals surface area contributed by atoms with Gasteiger partial charge in [0.1, 0.15) is 0 Å². The molecule has 2 aromatic heterocycles. The number of aromatic nitrogens is 3. The molecule has 0 radical (unpaired) electrons. The Kier molecular flexibility index (Phi) is 5.73. The predicted molar refractivity (Wildman–Crippen MR) is 125 cm³/mol. The molecule has 32 heavy (non-hydrogen) atoms. The lowest BCUT2D eigenvalue weighted by Crippen LogP contribution is -2.18. The topological polar surface area (TPSA) is 103 Å². The number of aryl methyl sites for hydroxylation is 1. The first-order valence-electron chi connectivity index (χ1n) is 10.5. The van der Waals surface area contributed by atoms with E-state index in [0.29, 0.717) is 33.5 Å². The van der Waals surface area contributed by atoms with Crippen molar-refractivity contribution in [2.75, 3.05) is 5.32 Å². The van der Waals surface area contributed by atoms with E-state index in [1.54, 1.807) is 30.5 Å². The fourth-order valence-electron chi connectivity index (χ4n) is 3.76. The number of para-hydroxylation sites is 1. The largest absolute Gasteiger partial charge is 0.369 e. The Balaban J connectivity index is 1.84. The summed E-state index contributed by atoms with van der Waals surface area (Å²) in [5.41, 5.74) is 10.4. The zero-order valence-electron chi connectivity index (χ0n) is 18.3. The summed E-state index contributed by atoms with van der Waals surface area (Å²) in [6.45, 7) is 6.06. The molecule has 2 heterocycles. The van der Waals surface area contributed by atoms with Crippen molar-refractivity contribution in [3.63, 3.8) is 0 Å². The van der Waals surface area contributed by atoms with Gasteiger partial charge in [-0.15, -0.1) is 0 Å². The Hall–Kier alpha value is -4.00. The molecule has 4 rings (SSSR count). The van der Waals surface area contributed by atoms with Gasteiger partial charge in [-0.3, -0.25) is 9.59 Å². The van der Waals surface area contributed by atoms with E-state index in [1.165, 1.54) is 0 Å². The van der Waals surface area contributed by atoms with E-state index in [4.69, 9.17) is 10.7 Å². The molecular weight excluding hydrogens is 402 g/mol. The zero-order chi connectivity index (χ0) is 22.8. The number of nitrogens with two attached hydrogens (primary N) is 1. The summed E-state index contributed by atoms with van der Waals surface area (Å²) in [6, 6.07) is 16.9. The van der Waals surface area contributed by atoms with Gasteiger partial charge in [-0.2, -0.15) is 5.10 Å². The van der Waals surface area contributed by atoms with Crippen LogP contribution in [-0.4, -0.2) is 26.6 Å². The number of carbonyl (C=O) groups is 2. The average Bonchev–Trinajstić information content (AvgIpc) is 3.18. The van der Waals surface area contributed by atoms with Crippen molar-refractivity contribution in [2.24, 2.45) is 5.73 Å². The Labute approximate surface area is 186 Å². The SMILES string of the molecule is Cc1ccccc1-c1cc(C(=O)Nc2ccccc2CC(N)=O)c2cnn(C(C)C)c2n1. The highest BCUT2D eigenvalue weighted by molar-refractivity contribution is 6.13. The van der Waals surface area contributed by atoms with Crippen molar-refractivity contribution >= 4 is 28.5 Å². The lowest BCUT2D eigenvalue weighted by atomic mass is 10.0. The van der Waals surface area contributed by atoms with Gasteiger partial charge in [0, 0.05) is 17.3 Å². The minimum Gasteiger partial charge on any atom is -0.369 e. The highest BCUT2D eigenvalue weighted by Crippen LogP contribution is 2.29. The van der Waals surface area contributed by atoms with Gasteiger partial charge in [0.15, 0.2) is 5.65 Å². The summed E-state index contributed by atoms with van der Waals surface area (Å²) < 4.78 is 1.81. The number of amides is 2. The molecule has 7 heteroatoms. The molecule has 2 amide bonds. The van der Waals surface area contributed by atoms with E-state index in [-0.39, 0.29) is 18.4 Å². The molecule has 0 spiro atoms. The molecule has 0 saturated carbocycles. The van der Waals surface area contributed by atoms with E-state index in [9.17, 15) is 9.59 Å². The molecule has 0 unspecified atom stereocenters. The molecular formula is C25H25N5O2. The predicted octanol–water partition coefficient (Wildman–Crippen LogP) is 4.27. The van der Waals surface area contributed by atoms with Gasteiger partial charge < -0.3 is 11.1 Å². The van der Waals surface area contributed by atoms with Crippen LogP contribution < -0.4 is 11.1 Å². The Morgan fingerprint density at radius 1 is 1.09 bits per heavy atom. The third-order valence-electron chi connectivity index (χ3n) is 5.35. The van der Waals surface area contributed by atoms with Crippen LogP contribution in [0.15, 0.2) is 60.8 Å². The zero-order valence-corrected chi connectivity index (χ0v) is 18.3. The number of carbonyl (C=O) groups excluding carboxylic acids is 2. The van der Waals surface area contributed by atoms with Gasteiger partial charge in [-0.25, -0.2) is 9.67 Å². The maximum Gasteiger partial charge on any atom is 0.256 e. The van der Waals surface area contributed by atoms with Crippen LogP contribution in [0.4, 0.5) is 5.69 Å². The van der Waals surface area contributed by atoms with Crippen LogP contribution in [-0.2, 0) is 11.2 Å². The fourth-order valence-corrected chi connectivity index (χ4v) is 3.76. The van der Waals surface area contributed by atoms with Crippen LogP contribution in [0, 0.1) is 6.92 Å². The lowest BCUT2D eigenvalue weighted by molar-refractivity contribution is -0.117. The minimum atomic E-state index is -0.460. The molecule has 0 bridgehead atoms. The first-order valence-corrected chi connectivity index (χ1v) is 10.5. The van der Waals surface area contributed by atoms with Gasteiger partial charge in [0.2, 0.25) is 5.91 Å². The fraction of sp³-hybridized carbons (Fsp3) is 0.200. The van der Waals surface area contributed by atoms with Crippen molar-refractivity contribution in [2.45, 2.75) is 33.2 Å². The number of fused-ring (bicyclic) bond motifs is 1. The van der Waals surface area contributed by atoms with Crippen LogP contribution in [0.3, 0.4) is 0 Å². The summed E-state index contributed by atoms with van der Waals surface area (Å²) in [5, 5.41) is 8.08. The monoisotopic (exact) mass is 427 g/mol. The molecule has 0 atom stereocenters. The smallest absolute Gasteiger partial charge is 0.256 e. The molecule has 0 aliphatic heterocycles. The minimum absolute atomic E-state index is 0.0436. The number of pyridine rings is 1. The van der Waals surface area contributed by atoms with Crippen LogP contribution in [0.25, 0.3) is 22.3 Å². The number of benzene rings is 2. The van der Waals surface area contributed by atoms with Crippen molar-refractivity contribution < 1.29 is 9.59 Å². The number of hydrogen-bond acceptors (Lipinski definition) is 4. The normalized spacial score (nSPS) is 11.1.